The highest BCUT2D eigenvalue weighted by molar-refractivity contribution is 6.41. The van der Waals surface area contributed by atoms with E-state index in [1.165, 1.54) is 0 Å². The van der Waals surface area contributed by atoms with E-state index in [0.717, 1.165) is 33.5 Å². The molecule has 1 saturated heterocycles. The average molecular weight is 522 g/mol. The summed E-state index contributed by atoms with van der Waals surface area (Å²) >= 11 is 0. The molecule has 7 nitrogen and oxygen atoms in total. The molecule has 3 aromatic rings. The van der Waals surface area contributed by atoms with Crippen LogP contribution >= 0.6 is 0 Å². The maximum absolute atomic E-state index is 12.6. The van der Waals surface area contributed by atoms with Gasteiger partial charge < -0.3 is 15.5 Å². The van der Waals surface area contributed by atoms with Crippen LogP contribution < -0.4 is 15.5 Å². The fraction of sp³-hybridized carbons (Fsp3) is 0.188. The summed E-state index contributed by atoms with van der Waals surface area (Å²) < 4.78 is 0. The third kappa shape index (κ3) is 6.76. The van der Waals surface area contributed by atoms with Gasteiger partial charge in [-0.3, -0.25) is 19.2 Å². The van der Waals surface area contributed by atoms with Crippen LogP contribution in [0.15, 0.2) is 84.6 Å². The second-order valence-corrected chi connectivity index (χ2v) is 9.79. The first-order valence-electron chi connectivity index (χ1n) is 12.6. The first-order valence-corrected chi connectivity index (χ1v) is 12.6. The lowest BCUT2D eigenvalue weighted by Gasteiger charge is -2.20. The minimum absolute atomic E-state index is 0.0330. The molecule has 0 aliphatic carbocycles. The van der Waals surface area contributed by atoms with Crippen molar-refractivity contribution in [2.24, 2.45) is 0 Å². The molecule has 198 valence electrons. The Kier molecular flexibility index (Phi) is 8.20. The summed E-state index contributed by atoms with van der Waals surface area (Å²) in [7, 11) is 1.97. The number of amides is 2. The van der Waals surface area contributed by atoms with Gasteiger partial charge in [0.1, 0.15) is 0 Å². The van der Waals surface area contributed by atoms with Gasteiger partial charge in [-0.05, 0) is 65.9 Å². The van der Waals surface area contributed by atoms with Crippen LogP contribution in [0.25, 0.3) is 6.08 Å². The molecular weight excluding hydrogens is 490 g/mol. The largest absolute Gasteiger partial charge is 0.370 e. The Morgan fingerprint density at radius 2 is 1.72 bits per heavy atom. The molecule has 0 bridgehead atoms. The van der Waals surface area contributed by atoms with Gasteiger partial charge >= 0.3 is 0 Å². The monoisotopic (exact) mass is 521 g/mol. The third-order valence-electron chi connectivity index (χ3n) is 6.68. The first kappa shape index (κ1) is 27.3. The average Bonchev–Trinajstić information content (AvgIpc) is 2.89. The van der Waals surface area contributed by atoms with E-state index in [9.17, 15) is 19.2 Å². The number of rotatable bonds is 8. The maximum atomic E-state index is 12.6. The number of piperidine rings is 1. The van der Waals surface area contributed by atoms with Gasteiger partial charge in [0.2, 0.25) is 5.78 Å². The molecule has 0 saturated carbocycles. The fourth-order valence-corrected chi connectivity index (χ4v) is 4.40. The SMILES string of the molecule is C=C1CC(=O)/C(=C\c2ccc(N(C)Cc3ccc(CC(=O)C(=O)Nc4ccccc4C)c(C)c3)cc2)C(=O)N1. The number of anilines is 2. The van der Waals surface area contributed by atoms with Crippen LogP contribution in [-0.4, -0.2) is 30.4 Å². The Morgan fingerprint density at radius 3 is 2.38 bits per heavy atom. The third-order valence-corrected chi connectivity index (χ3v) is 6.68. The van der Waals surface area contributed by atoms with Crippen LogP contribution in [-0.2, 0) is 32.1 Å². The van der Waals surface area contributed by atoms with E-state index in [0.29, 0.717) is 17.9 Å². The van der Waals surface area contributed by atoms with E-state index < -0.39 is 17.6 Å². The summed E-state index contributed by atoms with van der Waals surface area (Å²) in [6.45, 7) is 8.10. The van der Waals surface area contributed by atoms with Gasteiger partial charge in [-0.15, -0.1) is 0 Å². The van der Waals surface area contributed by atoms with Crippen molar-refractivity contribution >= 4 is 40.8 Å². The molecule has 1 fully saturated rings. The number of carbonyl (C=O) groups is 4. The summed E-state index contributed by atoms with van der Waals surface area (Å²) in [6.07, 6.45) is 1.75. The van der Waals surface area contributed by atoms with Crippen LogP contribution in [0.1, 0.15) is 34.2 Å². The quantitative estimate of drug-likeness (QED) is 0.255. The molecule has 0 aromatic heterocycles. The predicted molar refractivity (Wildman–Crippen MR) is 153 cm³/mol. The lowest BCUT2D eigenvalue weighted by Crippen LogP contribution is -2.34. The van der Waals surface area contributed by atoms with Crippen molar-refractivity contribution in [3.05, 3.63) is 112 Å². The second kappa shape index (κ2) is 11.7. The number of para-hydroxylation sites is 1. The summed E-state index contributed by atoms with van der Waals surface area (Å²) in [6, 6.07) is 20.8. The van der Waals surface area contributed by atoms with Crippen molar-refractivity contribution in [1.82, 2.24) is 5.32 Å². The van der Waals surface area contributed by atoms with Gasteiger partial charge in [0.05, 0.1) is 12.0 Å². The van der Waals surface area contributed by atoms with Gasteiger partial charge in [-0.1, -0.05) is 55.1 Å². The van der Waals surface area contributed by atoms with Crippen molar-refractivity contribution in [2.75, 3.05) is 17.3 Å². The minimum Gasteiger partial charge on any atom is -0.370 e. The topological polar surface area (TPSA) is 95.6 Å². The molecule has 0 spiro atoms. The summed E-state index contributed by atoms with van der Waals surface area (Å²) in [5.41, 5.74) is 6.62. The second-order valence-electron chi connectivity index (χ2n) is 9.79. The Morgan fingerprint density at radius 1 is 1.00 bits per heavy atom. The number of allylic oxidation sites excluding steroid dienone is 1. The summed E-state index contributed by atoms with van der Waals surface area (Å²) in [4.78, 5) is 51.4. The Bertz CT molecular complexity index is 1480. The van der Waals surface area contributed by atoms with E-state index in [4.69, 9.17) is 0 Å². The molecule has 7 heteroatoms. The minimum atomic E-state index is -0.620. The molecule has 1 heterocycles. The Labute approximate surface area is 228 Å². The molecule has 4 rings (SSSR count). The van der Waals surface area contributed by atoms with Gasteiger partial charge in [-0.2, -0.15) is 0 Å². The van der Waals surface area contributed by atoms with Gasteiger partial charge in [-0.25, -0.2) is 0 Å². The molecular formula is C32H31N3O4. The molecule has 39 heavy (non-hydrogen) atoms. The number of aryl methyl sites for hydroxylation is 2. The number of ketones is 2. The molecule has 2 amide bonds. The number of hydrogen-bond donors (Lipinski definition) is 2. The van der Waals surface area contributed by atoms with Crippen LogP contribution in [0, 0.1) is 13.8 Å². The standard InChI is InChI=1S/C32H31N3O4/c1-20-7-5-6-8-28(20)34-32(39)30(37)18-25-12-9-24(15-21(25)2)19-35(4)26-13-10-23(11-14-26)17-27-29(36)16-22(3)33-31(27)38/h5-15,17H,3,16,18-19H2,1-2,4H3,(H,33,38)(H,34,39)/b27-17+. The Balaban J connectivity index is 1.37. The van der Waals surface area contributed by atoms with E-state index in [2.05, 4.69) is 22.1 Å². The molecule has 2 N–H and O–H groups in total. The van der Waals surface area contributed by atoms with E-state index in [1.807, 2.05) is 81.6 Å². The molecule has 1 aliphatic rings. The summed E-state index contributed by atoms with van der Waals surface area (Å²) in [5, 5.41) is 5.30. The molecule has 0 atom stereocenters. The fourth-order valence-electron chi connectivity index (χ4n) is 4.40. The molecule has 3 aromatic carbocycles. The van der Waals surface area contributed by atoms with Crippen LogP contribution in [0.5, 0.6) is 0 Å². The lowest BCUT2D eigenvalue weighted by atomic mass is 9.99. The van der Waals surface area contributed by atoms with E-state index >= 15 is 0 Å². The maximum Gasteiger partial charge on any atom is 0.292 e. The number of carbonyl (C=O) groups excluding carboxylic acids is 4. The van der Waals surface area contributed by atoms with E-state index in [-0.39, 0.29) is 24.2 Å². The highest BCUT2D eigenvalue weighted by Crippen LogP contribution is 2.22. The van der Waals surface area contributed by atoms with Crippen molar-refractivity contribution in [3.8, 4) is 0 Å². The number of hydrogen-bond acceptors (Lipinski definition) is 5. The van der Waals surface area contributed by atoms with Crippen LogP contribution in [0.3, 0.4) is 0 Å². The predicted octanol–water partition coefficient (Wildman–Crippen LogP) is 4.68. The zero-order valence-corrected chi connectivity index (χ0v) is 22.3. The van der Waals surface area contributed by atoms with Crippen molar-refractivity contribution in [2.45, 2.75) is 33.2 Å². The van der Waals surface area contributed by atoms with Crippen molar-refractivity contribution in [1.29, 1.82) is 0 Å². The van der Waals surface area contributed by atoms with Gasteiger partial charge in [0.15, 0.2) is 5.78 Å². The van der Waals surface area contributed by atoms with Crippen LogP contribution in [0.4, 0.5) is 11.4 Å². The molecule has 0 unspecified atom stereocenters. The van der Waals surface area contributed by atoms with Gasteiger partial charge in [0.25, 0.3) is 11.8 Å². The van der Waals surface area contributed by atoms with E-state index in [1.54, 1.807) is 12.1 Å². The van der Waals surface area contributed by atoms with Crippen molar-refractivity contribution in [3.63, 3.8) is 0 Å². The number of Topliss-reactive ketones (excluding diaryl/α,β-unsaturated/α-hetero) is 2. The van der Waals surface area contributed by atoms with Gasteiger partial charge in [0, 0.05) is 37.1 Å². The number of nitrogens with one attached hydrogen (secondary N) is 2. The molecule has 1 aliphatic heterocycles. The number of benzene rings is 3. The normalized spacial score (nSPS) is 14.2. The molecule has 0 radical (unpaired) electrons. The summed E-state index contributed by atoms with van der Waals surface area (Å²) in [5.74, 6) is -1.77. The van der Waals surface area contributed by atoms with Crippen LogP contribution in [0.2, 0.25) is 0 Å². The lowest BCUT2D eigenvalue weighted by molar-refractivity contribution is -0.134. The Hall–Kier alpha value is -4.78. The zero-order valence-electron chi connectivity index (χ0n) is 22.3. The highest BCUT2D eigenvalue weighted by atomic mass is 16.2. The highest BCUT2D eigenvalue weighted by Gasteiger charge is 2.25. The zero-order chi connectivity index (χ0) is 28.1. The smallest absolute Gasteiger partial charge is 0.292 e. The number of nitrogens with zero attached hydrogens (tertiary/aromatic N) is 1. The first-order chi connectivity index (χ1) is 18.6. The van der Waals surface area contributed by atoms with Crippen molar-refractivity contribution < 1.29 is 19.2 Å².